The molecule has 4 rings (SSSR count). The van der Waals surface area contributed by atoms with Crippen molar-refractivity contribution >= 4 is 16.9 Å². The van der Waals surface area contributed by atoms with E-state index in [9.17, 15) is 9.90 Å². The van der Waals surface area contributed by atoms with Gasteiger partial charge in [-0.15, -0.1) is 5.10 Å². The molecule has 24 heavy (non-hydrogen) atoms. The number of piperazine rings is 1. The van der Waals surface area contributed by atoms with Crippen LogP contribution >= 0.6 is 0 Å². The first-order valence-electron chi connectivity index (χ1n) is 8.64. The SMILES string of the molecule is Cn1nnc2cc(C(=O)N3CCN([C@@H]4CCC[C@H]4O)CC3)ccc21. The fourth-order valence-corrected chi connectivity index (χ4v) is 3.96. The summed E-state index contributed by atoms with van der Waals surface area (Å²) in [6, 6.07) is 5.84. The molecule has 1 N–H and O–H groups in total. The standard InChI is InChI=1S/C17H23N5O2/c1-20-14-6-5-12(11-13(14)18-19-20)17(24)22-9-7-21(8-10-22)15-3-2-4-16(15)23/h5-6,11,15-16,23H,2-4,7-10H2,1H3/t15-,16-/m1/s1. The van der Waals surface area contributed by atoms with Crippen molar-refractivity contribution in [1.29, 1.82) is 0 Å². The Morgan fingerprint density at radius 2 is 2.00 bits per heavy atom. The van der Waals surface area contributed by atoms with Gasteiger partial charge in [0.05, 0.1) is 11.6 Å². The summed E-state index contributed by atoms with van der Waals surface area (Å²) < 4.78 is 1.70. The number of hydrogen-bond acceptors (Lipinski definition) is 5. The first-order chi connectivity index (χ1) is 11.6. The molecule has 2 aliphatic rings. The van der Waals surface area contributed by atoms with Crippen LogP contribution < -0.4 is 0 Å². The molecule has 2 atom stereocenters. The van der Waals surface area contributed by atoms with E-state index in [-0.39, 0.29) is 18.1 Å². The van der Waals surface area contributed by atoms with E-state index in [0.29, 0.717) is 18.7 Å². The maximum Gasteiger partial charge on any atom is 0.254 e. The van der Waals surface area contributed by atoms with Gasteiger partial charge in [-0.25, -0.2) is 4.68 Å². The van der Waals surface area contributed by atoms with E-state index in [1.807, 2.05) is 30.1 Å². The molecule has 1 saturated heterocycles. The number of aromatic nitrogens is 3. The average molecular weight is 329 g/mol. The number of hydrogen-bond donors (Lipinski definition) is 1. The van der Waals surface area contributed by atoms with Crippen LogP contribution in [-0.4, -0.2) is 74.1 Å². The van der Waals surface area contributed by atoms with Crippen molar-refractivity contribution in [2.75, 3.05) is 26.2 Å². The second-order valence-electron chi connectivity index (χ2n) is 6.81. The molecule has 2 fully saturated rings. The lowest BCUT2D eigenvalue weighted by Crippen LogP contribution is -2.53. The Bertz CT molecular complexity index is 751. The third-order valence-corrected chi connectivity index (χ3v) is 5.37. The first kappa shape index (κ1) is 15.5. The molecule has 1 amide bonds. The smallest absolute Gasteiger partial charge is 0.254 e. The van der Waals surface area contributed by atoms with Gasteiger partial charge in [0.1, 0.15) is 5.52 Å². The summed E-state index contributed by atoms with van der Waals surface area (Å²) in [5.74, 6) is 0.0502. The Morgan fingerprint density at radius 3 is 2.71 bits per heavy atom. The zero-order chi connectivity index (χ0) is 16.7. The number of carbonyl (C=O) groups is 1. The van der Waals surface area contributed by atoms with Gasteiger partial charge in [0.25, 0.3) is 5.91 Å². The Morgan fingerprint density at radius 1 is 1.21 bits per heavy atom. The van der Waals surface area contributed by atoms with E-state index in [1.54, 1.807) is 4.68 Å². The summed E-state index contributed by atoms with van der Waals surface area (Å²) in [5.41, 5.74) is 2.33. The summed E-state index contributed by atoms with van der Waals surface area (Å²) >= 11 is 0. The molecule has 1 aliphatic heterocycles. The van der Waals surface area contributed by atoms with Gasteiger partial charge in [-0.2, -0.15) is 0 Å². The summed E-state index contributed by atoms with van der Waals surface area (Å²) in [6.45, 7) is 3.09. The second-order valence-corrected chi connectivity index (χ2v) is 6.81. The third-order valence-electron chi connectivity index (χ3n) is 5.37. The van der Waals surface area contributed by atoms with Crippen LogP contribution in [0.3, 0.4) is 0 Å². The molecule has 1 saturated carbocycles. The molecule has 1 aliphatic carbocycles. The van der Waals surface area contributed by atoms with E-state index < -0.39 is 0 Å². The van der Waals surface area contributed by atoms with Crippen molar-refractivity contribution in [1.82, 2.24) is 24.8 Å². The van der Waals surface area contributed by atoms with Crippen LogP contribution in [0.15, 0.2) is 18.2 Å². The number of aliphatic hydroxyl groups is 1. The van der Waals surface area contributed by atoms with Gasteiger partial charge >= 0.3 is 0 Å². The van der Waals surface area contributed by atoms with Crippen molar-refractivity contribution in [3.05, 3.63) is 23.8 Å². The molecule has 7 nitrogen and oxygen atoms in total. The summed E-state index contributed by atoms with van der Waals surface area (Å²) in [5, 5.41) is 18.1. The Hall–Kier alpha value is -1.99. The lowest BCUT2D eigenvalue weighted by atomic mass is 10.1. The van der Waals surface area contributed by atoms with Crippen LogP contribution in [0.25, 0.3) is 11.0 Å². The first-order valence-corrected chi connectivity index (χ1v) is 8.64. The molecular weight excluding hydrogens is 306 g/mol. The largest absolute Gasteiger partial charge is 0.391 e. The third kappa shape index (κ3) is 2.67. The molecule has 7 heteroatoms. The van der Waals surface area contributed by atoms with E-state index in [2.05, 4.69) is 15.2 Å². The molecule has 0 bridgehead atoms. The Labute approximate surface area is 140 Å². The van der Waals surface area contributed by atoms with Crippen LogP contribution in [0.2, 0.25) is 0 Å². The van der Waals surface area contributed by atoms with Crippen LogP contribution in [-0.2, 0) is 7.05 Å². The summed E-state index contributed by atoms with van der Waals surface area (Å²) in [6.07, 6.45) is 2.87. The lowest BCUT2D eigenvalue weighted by Gasteiger charge is -2.39. The van der Waals surface area contributed by atoms with Gasteiger partial charge in [-0.1, -0.05) is 5.21 Å². The van der Waals surface area contributed by atoms with Gasteiger partial charge in [0, 0.05) is 44.8 Å². The van der Waals surface area contributed by atoms with Crippen molar-refractivity contribution < 1.29 is 9.90 Å². The van der Waals surface area contributed by atoms with Crippen molar-refractivity contribution in [2.24, 2.45) is 7.05 Å². The van der Waals surface area contributed by atoms with Gasteiger partial charge in [-0.05, 0) is 37.5 Å². The highest BCUT2D eigenvalue weighted by molar-refractivity contribution is 5.97. The zero-order valence-electron chi connectivity index (χ0n) is 13.9. The highest BCUT2D eigenvalue weighted by atomic mass is 16.3. The summed E-state index contributed by atoms with van der Waals surface area (Å²) in [7, 11) is 1.84. The lowest BCUT2D eigenvalue weighted by molar-refractivity contribution is 0.0315. The second kappa shape index (κ2) is 6.14. The van der Waals surface area contributed by atoms with Gasteiger partial charge in [0.15, 0.2) is 0 Å². The van der Waals surface area contributed by atoms with Crippen LogP contribution in [0, 0.1) is 0 Å². The summed E-state index contributed by atoms with van der Waals surface area (Å²) in [4.78, 5) is 17.0. The number of rotatable bonds is 2. The zero-order valence-corrected chi connectivity index (χ0v) is 13.9. The van der Waals surface area contributed by atoms with Gasteiger partial charge in [-0.3, -0.25) is 9.69 Å². The number of benzene rings is 1. The highest BCUT2D eigenvalue weighted by Crippen LogP contribution is 2.25. The minimum Gasteiger partial charge on any atom is -0.391 e. The predicted octanol–water partition coefficient (Wildman–Crippen LogP) is 0.639. The Kier molecular flexibility index (Phi) is 3.97. The van der Waals surface area contributed by atoms with Crippen molar-refractivity contribution in [2.45, 2.75) is 31.4 Å². The topological polar surface area (TPSA) is 74.5 Å². The maximum atomic E-state index is 12.7. The number of aliphatic hydroxyl groups excluding tert-OH is 1. The molecule has 2 aromatic rings. The fraction of sp³-hybridized carbons (Fsp3) is 0.588. The number of aryl methyl sites for hydroxylation is 1. The quantitative estimate of drug-likeness (QED) is 0.875. The molecule has 0 unspecified atom stereocenters. The van der Waals surface area contributed by atoms with Crippen LogP contribution in [0.5, 0.6) is 0 Å². The van der Waals surface area contributed by atoms with Crippen molar-refractivity contribution in [3.8, 4) is 0 Å². The van der Waals surface area contributed by atoms with Gasteiger partial charge in [0.2, 0.25) is 0 Å². The van der Waals surface area contributed by atoms with E-state index in [0.717, 1.165) is 43.4 Å². The van der Waals surface area contributed by atoms with Gasteiger partial charge < -0.3 is 10.0 Å². The molecule has 1 aromatic heterocycles. The minimum atomic E-state index is -0.202. The number of amides is 1. The number of fused-ring (bicyclic) bond motifs is 1. The van der Waals surface area contributed by atoms with Crippen LogP contribution in [0.4, 0.5) is 0 Å². The van der Waals surface area contributed by atoms with E-state index in [4.69, 9.17) is 0 Å². The highest BCUT2D eigenvalue weighted by Gasteiger charge is 2.33. The molecule has 128 valence electrons. The number of carbonyl (C=O) groups excluding carboxylic acids is 1. The van der Waals surface area contributed by atoms with E-state index in [1.165, 1.54) is 0 Å². The normalized spacial score (nSPS) is 25.5. The molecular formula is C17H23N5O2. The molecule has 0 radical (unpaired) electrons. The Balaban J connectivity index is 1.43. The fourth-order valence-electron chi connectivity index (χ4n) is 3.96. The number of nitrogens with zero attached hydrogens (tertiary/aromatic N) is 5. The molecule has 0 spiro atoms. The monoisotopic (exact) mass is 329 g/mol. The predicted molar refractivity (Wildman–Crippen MR) is 89.6 cm³/mol. The average Bonchev–Trinajstić information content (AvgIpc) is 3.20. The van der Waals surface area contributed by atoms with E-state index >= 15 is 0 Å². The maximum absolute atomic E-state index is 12.7. The minimum absolute atomic E-state index is 0.0502. The van der Waals surface area contributed by atoms with Crippen molar-refractivity contribution in [3.63, 3.8) is 0 Å². The molecule has 2 heterocycles. The molecule has 1 aromatic carbocycles. The van der Waals surface area contributed by atoms with Crippen LogP contribution in [0.1, 0.15) is 29.6 Å².